The van der Waals surface area contributed by atoms with Crippen LogP contribution in [-0.4, -0.2) is 30.2 Å². The number of para-hydroxylation sites is 1. The van der Waals surface area contributed by atoms with Gasteiger partial charge in [-0.2, -0.15) is 0 Å². The molecule has 1 N–H and O–H groups in total. The highest BCUT2D eigenvalue weighted by molar-refractivity contribution is 5.78. The molecule has 4 heteroatoms. The number of nitrogens with zero attached hydrogens (tertiary/aromatic N) is 2. The van der Waals surface area contributed by atoms with E-state index in [1.165, 1.54) is 0 Å². The summed E-state index contributed by atoms with van der Waals surface area (Å²) < 4.78 is 5.01. The smallest absolute Gasteiger partial charge is 0.223 e. The summed E-state index contributed by atoms with van der Waals surface area (Å²) in [5.41, 5.74) is 0.981. The first kappa shape index (κ1) is 12.8. The Morgan fingerprint density at radius 2 is 2.06 bits per heavy atom. The number of aromatic nitrogens is 2. The van der Waals surface area contributed by atoms with Crippen molar-refractivity contribution in [3.8, 4) is 0 Å². The molecule has 0 bridgehead atoms. The number of unbranched alkanes of at least 4 members (excludes halogenated alkanes) is 2. The first-order valence-electron chi connectivity index (χ1n) is 6.35. The maximum Gasteiger partial charge on any atom is 0.223 e. The molecule has 1 heterocycles. The van der Waals surface area contributed by atoms with Gasteiger partial charge in [0.1, 0.15) is 0 Å². The van der Waals surface area contributed by atoms with Crippen molar-refractivity contribution in [2.24, 2.45) is 0 Å². The number of anilines is 1. The number of hydrogen-bond donors (Lipinski definition) is 1. The molecule has 0 aliphatic carbocycles. The van der Waals surface area contributed by atoms with Crippen molar-refractivity contribution in [2.75, 3.05) is 25.6 Å². The van der Waals surface area contributed by atoms with E-state index in [4.69, 9.17) is 4.74 Å². The van der Waals surface area contributed by atoms with E-state index in [1.807, 2.05) is 30.5 Å². The summed E-state index contributed by atoms with van der Waals surface area (Å²) in [4.78, 5) is 8.76. The van der Waals surface area contributed by atoms with Crippen LogP contribution in [0.3, 0.4) is 0 Å². The highest BCUT2D eigenvalue weighted by Crippen LogP contribution is 2.11. The van der Waals surface area contributed by atoms with Crippen LogP contribution in [0.4, 0.5) is 5.95 Å². The van der Waals surface area contributed by atoms with Gasteiger partial charge < -0.3 is 10.1 Å². The van der Waals surface area contributed by atoms with Gasteiger partial charge in [0.15, 0.2) is 0 Å². The molecule has 1 aromatic heterocycles. The number of hydrogen-bond acceptors (Lipinski definition) is 4. The summed E-state index contributed by atoms with van der Waals surface area (Å²) in [6.45, 7) is 1.74. The summed E-state index contributed by atoms with van der Waals surface area (Å²) in [7, 11) is 1.74. The Bertz CT molecular complexity index is 487. The number of methoxy groups -OCH3 is 1. The zero-order chi connectivity index (χ0) is 12.6. The monoisotopic (exact) mass is 245 g/mol. The van der Waals surface area contributed by atoms with Gasteiger partial charge in [-0.05, 0) is 25.3 Å². The van der Waals surface area contributed by atoms with Crippen molar-refractivity contribution >= 4 is 16.9 Å². The minimum atomic E-state index is 0.709. The minimum absolute atomic E-state index is 0.709. The highest BCUT2D eigenvalue weighted by Gasteiger charge is 1.98. The molecule has 0 aliphatic heterocycles. The summed E-state index contributed by atoms with van der Waals surface area (Å²) >= 11 is 0. The van der Waals surface area contributed by atoms with Gasteiger partial charge in [0.25, 0.3) is 0 Å². The van der Waals surface area contributed by atoms with Gasteiger partial charge in [0.2, 0.25) is 5.95 Å². The lowest BCUT2D eigenvalue weighted by molar-refractivity contribution is 0.192. The van der Waals surface area contributed by atoms with Crippen molar-refractivity contribution < 1.29 is 4.74 Å². The molecule has 0 spiro atoms. The fourth-order valence-electron chi connectivity index (χ4n) is 1.81. The molecule has 2 aromatic rings. The van der Waals surface area contributed by atoms with Crippen LogP contribution >= 0.6 is 0 Å². The second-order valence-electron chi connectivity index (χ2n) is 4.23. The maximum absolute atomic E-state index is 5.01. The van der Waals surface area contributed by atoms with Crippen molar-refractivity contribution in [1.82, 2.24) is 9.97 Å². The molecule has 4 nitrogen and oxygen atoms in total. The van der Waals surface area contributed by atoms with Crippen LogP contribution in [-0.2, 0) is 4.74 Å². The van der Waals surface area contributed by atoms with Gasteiger partial charge in [-0.25, -0.2) is 9.97 Å². The van der Waals surface area contributed by atoms with E-state index in [2.05, 4.69) is 15.3 Å². The lowest BCUT2D eigenvalue weighted by Crippen LogP contribution is -2.05. The molecular formula is C14H19N3O. The fraction of sp³-hybridized carbons (Fsp3) is 0.429. The molecule has 0 unspecified atom stereocenters. The Balaban J connectivity index is 1.81. The molecule has 0 saturated carbocycles. The predicted molar refractivity (Wildman–Crippen MR) is 73.8 cm³/mol. The molecule has 0 saturated heterocycles. The van der Waals surface area contributed by atoms with Crippen LogP contribution in [0.5, 0.6) is 0 Å². The van der Waals surface area contributed by atoms with E-state index in [1.54, 1.807) is 7.11 Å². The number of benzene rings is 1. The molecule has 0 atom stereocenters. The van der Waals surface area contributed by atoms with Crippen molar-refractivity contribution in [3.05, 3.63) is 30.5 Å². The van der Waals surface area contributed by atoms with Crippen LogP contribution in [0.2, 0.25) is 0 Å². The minimum Gasteiger partial charge on any atom is -0.385 e. The second-order valence-corrected chi connectivity index (χ2v) is 4.23. The van der Waals surface area contributed by atoms with Gasteiger partial charge in [-0.15, -0.1) is 0 Å². The van der Waals surface area contributed by atoms with Gasteiger partial charge in [0, 0.05) is 31.8 Å². The average Bonchev–Trinajstić information content (AvgIpc) is 2.42. The van der Waals surface area contributed by atoms with Crippen molar-refractivity contribution in [2.45, 2.75) is 19.3 Å². The molecule has 2 rings (SSSR count). The maximum atomic E-state index is 5.01. The lowest BCUT2D eigenvalue weighted by atomic mass is 10.2. The van der Waals surface area contributed by atoms with Crippen LogP contribution in [0, 0.1) is 0 Å². The standard InChI is InChI=1S/C14H19N3O/c1-18-10-6-2-5-9-15-14-16-11-12-7-3-4-8-13(12)17-14/h3-4,7-8,11H,2,5-6,9-10H2,1H3,(H,15,16,17). The Labute approximate surface area is 107 Å². The third kappa shape index (κ3) is 3.67. The molecule has 0 aliphatic rings. The molecule has 18 heavy (non-hydrogen) atoms. The van der Waals surface area contributed by atoms with Crippen LogP contribution < -0.4 is 5.32 Å². The topological polar surface area (TPSA) is 47.0 Å². The summed E-state index contributed by atoms with van der Waals surface area (Å²) in [6, 6.07) is 8.00. The summed E-state index contributed by atoms with van der Waals surface area (Å²) in [5, 5.41) is 4.32. The number of nitrogens with one attached hydrogen (secondary N) is 1. The van der Waals surface area contributed by atoms with E-state index >= 15 is 0 Å². The van der Waals surface area contributed by atoms with E-state index in [-0.39, 0.29) is 0 Å². The number of fused-ring (bicyclic) bond motifs is 1. The lowest BCUT2D eigenvalue weighted by Gasteiger charge is -2.05. The van der Waals surface area contributed by atoms with Crippen LogP contribution in [0.25, 0.3) is 10.9 Å². The third-order valence-corrected chi connectivity index (χ3v) is 2.80. The van der Waals surface area contributed by atoms with Gasteiger partial charge in [-0.1, -0.05) is 18.2 Å². The first-order chi connectivity index (χ1) is 8.90. The normalized spacial score (nSPS) is 10.7. The van der Waals surface area contributed by atoms with Crippen molar-refractivity contribution in [1.29, 1.82) is 0 Å². The molecule has 1 aromatic carbocycles. The van der Waals surface area contributed by atoms with Gasteiger partial charge in [-0.3, -0.25) is 0 Å². The second kappa shape index (κ2) is 6.91. The van der Waals surface area contributed by atoms with Crippen LogP contribution in [0.15, 0.2) is 30.5 Å². The summed E-state index contributed by atoms with van der Waals surface area (Å²) in [6.07, 6.45) is 5.24. The SMILES string of the molecule is COCCCCCNc1ncc2ccccc2n1. The third-order valence-electron chi connectivity index (χ3n) is 2.80. The number of ether oxygens (including phenoxy) is 1. The fourth-order valence-corrected chi connectivity index (χ4v) is 1.81. The van der Waals surface area contributed by atoms with Crippen molar-refractivity contribution in [3.63, 3.8) is 0 Å². The van der Waals surface area contributed by atoms with Gasteiger partial charge >= 0.3 is 0 Å². The molecule has 0 fully saturated rings. The summed E-state index contributed by atoms with van der Waals surface area (Å²) in [5.74, 6) is 0.709. The Morgan fingerprint density at radius 3 is 2.94 bits per heavy atom. The van der Waals surface area contributed by atoms with E-state index in [0.29, 0.717) is 5.95 Å². The highest BCUT2D eigenvalue weighted by atomic mass is 16.5. The quantitative estimate of drug-likeness (QED) is 0.762. The molecule has 0 radical (unpaired) electrons. The van der Waals surface area contributed by atoms with E-state index in [0.717, 1.165) is 43.3 Å². The predicted octanol–water partition coefficient (Wildman–Crippen LogP) is 2.86. The first-order valence-corrected chi connectivity index (χ1v) is 6.35. The van der Waals surface area contributed by atoms with Gasteiger partial charge in [0.05, 0.1) is 5.52 Å². The zero-order valence-electron chi connectivity index (χ0n) is 10.7. The molecule has 96 valence electrons. The number of rotatable bonds is 7. The Kier molecular flexibility index (Phi) is 4.90. The van der Waals surface area contributed by atoms with Crippen LogP contribution in [0.1, 0.15) is 19.3 Å². The Hall–Kier alpha value is -1.68. The molecular weight excluding hydrogens is 226 g/mol. The zero-order valence-corrected chi connectivity index (χ0v) is 10.7. The average molecular weight is 245 g/mol. The molecule has 0 amide bonds. The van der Waals surface area contributed by atoms with E-state index in [9.17, 15) is 0 Å². The Morgan fingerprint density at radius 1 is 1.17 bits per heavy atom. The van der Waals surface area contributed by atoms with E-state index < -0.39 is 0 Å². The largest absolute Gasteiger partial charge is 0.385 e.